The van der Waals surface area contributed by atoms with Gasteiger partial charge in [0.25, 0.3) is 0 Å². The van der Waals surface area contributed by atoms with Crippen molar-refractivity contribution in [3.63, 3.8) is 0 Å². The van der Waals surface area contributed by atoms with E-state index in [9.17, 15) is 13.2 Å². The summed E-state index contributed by atoms with van der Waals surface area (Å²) in [4.78, 5) is 12.1. The molecular formula is C21H27IN2O5S. The lowest BCUT2D eigenvalue weighted by Gasteiger charge is -2.24. The number of anilines is 1. The largest absolute Gasteiger partial charge is 0.497 e. The van der Waals surface area contributed by atoms with Gasteiger partial charge in [0.05, 0.1) is 25.6 Å². The first kappa shape index (κ1) is 24.3. The van der Waals surface area contributed by atoms with E-state index >= 15 is 0 Å². The molecule has 0 aliphatic rings. The predicted molar refractivity (Wildman–Crippen MR) is 127 cm³/mol. The van der Waals surface area contributed by atoms with Crippen molar-refractivity contribution in [1.29, 1.82) is 0 Å². The first-order valence-electron chi connectivity index (χ1n) is 9.48. The zero-order valence-corrected chi connectivity index (χ0v) is 20.3. The maximum Gasteiger partial charge on any atom is 0.232 e. The van der Waals surface area contributed by atoms with E-state index in [1.54, 1.807) is 37.4 Å². The van der Waals surface area contributed by atoms with Gasteiger partial charge in [-0.2, -0.15) is 0 Å². The SMILES string of the molecule is COc1ccc(OCCNC(=O)CCCN(c2ccc(I)cc2C)S(C)(=O)=O)cc1. The van der Waals surface area contributed by atoms with Crippen LogP contribution in [0, 0.1) is 10.5 Å². The molecule has 0 saturated carbocycles. The number of benzene rings is 2. The predicted octanol–water partition coefficient (Wildman–Crippen LogP) is 3.35. The van der Waals surface area contributed by atoms with Crippen LogP contribution in [0.25, 0.3) is 0 Å². The van der Waals surface area contributed by atoms with Crippen molar-refractivity contribution in [1.82, 2.24) is 5.32 Å². The van der Waals surface area contributed by atoms with Gasteiger partial charge in [0, 0.05) is 16.5 Å². The number of carbonyl (C=O) groups is 1. The van der Waals surface area contributed by atoms with Crippen LogP contribution in [0.1, 0.15) is 18.4 Å². The Morgan fingerprint density at radius 2 is 1.80 bits per heavy atom. The number of carbonyl (C=O) groups excluding carboxylic acids is 1. The molecule has 0 bridgehead atoms. The summed E-state index contributed by atoms with van der Waals surface area (Å²) in [5, 5.41) is 2.79. The van der Waals surface area contributed by atoms with Crippen molar-refractivity contribution < 1.29 is 22.7 Å². The summed E-state index contributed by atoms with van der Waals surface area (Å²) >= 11 is 2.19. The third-order valence-corrected chi connectivity index (χ3v) is 6.20. The van der Waals surface area contributed by atoms with E-state index in [1.165, 1.54) is 10.6 Å². The highest BCUT2D eigenvalue weighted by Gasteiger charge is 2.19. The van der Waals surface area contributed by atoms with Crippen molar-refractivity contribution in [2.45, 2.75) is 19.8 Å². The number of methoxy groups -OCH3 is 1. The van der Waals surface area contributed by atoms with Gasteiger partial charge in [0.15, 0.2) is 0 Å². The van der Waals surface area contributed by atoms with Gasteiger partial charge >= 0.3 is 0 Å². The van der Waals surface area contributed by atoms with Crippen LogP contribution < -0.4 is 19.1 Å². The summed E-state index contributed by atoms with van der Waals surface area (Å²) in [5.41, 5.74) is 1.53. The number of halogens is 1. The summed E-state index contributed by atoms with van der Waals surface area (Å²) in [6, 6.07) is 12.8. The number of nitrogens with one attached hydrogen (secondary N) is 1. The molecule has 0 saturated heterocycles. The van der Waals surface area contributed by atoms with Crippen molar-refractivity contribution >= 4 is 44.2 Å². The maximum atomic E-state index is 12.2. The highest BCUT2D eigenvalue weighted by atomic mass is 127. The van der Waals surface area contributed by atoms with E-state index in [2.05, 4.69) is 27.9 Å². The smallest absolute Gasteiger partial charge is 0.232 e. The van der Waals surface area contributed by atoms with E-state index in [0.717, 1.165) is 14.9 Å². The molecule has 0 heterocycles. The quantitative estimate of drug-likeness (QED) is 0.345. The molecule has 0 unspecified atom stereocenters. The fourth-order valence-electron chi connectivity index (χ4n) is 2.87. The third-order valence-electron chi connectivity index (χ3n) is 4.35. The molecule has 0 aromatic heterocycles. The standard InChI is InChI=1S/C21H27IN2O5S/c1-16-15-17(22)6-11-20(16)24(30(3,26)27)13-4-5-21(25)23-12-14-29-19-9-7-18(28-2)8-10-19/h6-11,15H,4-5,12-14H2,1-3H3,(H,23,25). The van der Waals surface area contributed by atoms with Crippen LogP contribution in [0.3, 0.4) is 0 Å². The number of nitrogens with zero attached hydrogens (tertiary/aromatic N) is 1. The summed E-state index contributed by atoms with van der Waals surface area (Å²) in [7, 11) is -1.84. The molecule has 164 valence electrons. The Bertz CT molecular complexity index is 948. The molecule has 0 fully saturated rings. The molecular weight excluding hydrogens is 519 g/mol. The topological polar surface area (TPSA) is 84.9 Å². The van der Waals surface area contributed by atoms with E-state index in [-0.39, 0.29) is 18.9 Å². The first-order valence-corrected chi connectivity index (χ1v) is 12.4. The molecule has 2 rings (SSSR count). The lowest BCUT2D eigenvalue weighted by molar-refractivity contribution is -0.121. The van der Waals surface area contributed by atoms with Gasteiger partial charge in [-0.1, -0.05) is 0 Å². The molecule has 2 aromatic carbocycles. The Balaban J connectivity index is 1.77. The minimum atomic E-state index is -3.44. The highest BCUT2D eigenvalue weighted by Crippen LogP contribution is 2.24. The number of aryl methyl sites for hydroxylation is 1. The van der Waals surface area contributed by atoms with Gasteiger partial charge in [0.1, 0.15) is 18.1 Å². The number of hydrogen-bond acceptors (Lipinski definition) is 5. The zero-order valence-electron chi connectivity index (χ0n) is 17.4. The summed E-state index contributed by atoms with van der Waals surface area (Å²) in [5.74, 6) is 1.31. The molecule has 0 aliphatic heterocycles. The van der Waals surface area contributed by atoms with Gasteiger partial charge in [-0.05, 0) is 84.0 Å². The average Bonchev–Trinajstić information content (AvgIpc) is 2.69. The second-order valence-electron chi connectivity index (χ2n) is 6.74. The molecule has 1 amide bonds. The second-order valence-corrected chi connectivity index (χ2v) is 9.90. The number of rotatable bonds is 11. The molecule has 30 heavy (non-hydrogen) atoms. The molecule has 9 heteroatoms. The van der Waals surface area contributed by atoms with E-state index in [1.807, 2.05) is 19.1 Å². The minimum Gasteiger partial charge on any atom is -0.497 e. The van der Waals surface area contributed by atoms with Crippen LogP contribution in [0.2, 0.25) is 0 Å². The van der Waals surface area contributed by atoms with Crippen molar-refractivity contribution in [2.75, 3.05) is 37.4 Å². The molecule has 0 spiro atoms. The Morgan fingerprint density at radius 1 is 1.13 bits per heavy atom. The van der Waals surface area contributed by atoms with E-state index in [0.29, 0.717) is 31.0 Å². The lowest BCUT2D eigenvalue weighted by atomic mass is 10.2. The second kappa shape index (κ2) is 11.4. The Morgan fingerprint density at radius 3 is 2.40 bits per heavy atom. The summed E-state index contributed by atoms with van der Waals surface area (Å²) in [6.45, 7) is 2.84. The summed E-state index contributed by atoms with van der Waals surface area (Å²) in [6.07, 6.45) is 1.84. The number of sulfonamides is 1. The number of amides is 1. The minimum absolute atomic E-state index is 0.138. The fraction of sp³-hybridized carbons (Fsp3) is 0.381. The van der Waals surface area contributed by atoms with E-state index < -0.39 is 10.0 Å². The number of hydrogen-bond donors (Lipinski definition) is 1. The van der Waals surface area contributed by atoms with Crippen molar-refractivity contribution in [3.05, 3.63) is 51.6 Å². The molecule has 0 radical (unpaired) electrons. The first-order chi connectivity index (χ1) is 14.2. The summed E-state index contributed by atoms with van der Waals surface area (Å²) < 4.78 is 37.5. The van der Waals surface area contributed by atoms with Crippen LogP contribution in [0.5, 0.6) is 11.5 Å². The van der Waals surface area contributed by atoms with Gasteiger partial charge in [0.2, 0.25) is 15.9 Å². The molecule has 7 nitrogen and oxygen atoms in total. The molecule has 1 N–H and O–H groups in total. The Labute approximate surface area is 191 Å². The Hall–Kier alpha value is -2.01. The monoisotopic (exact) mass is 546 g/mol. The average molecular weight is 546 g/mol. The molecule has 0 aliphatic carbocycles. The van der Waals surface area contributed by atoms with Crippen LogP contribution in [0.4, 0.5) is 5.69 Å². The number of ether oxygens (including phenoxy) is 2. The molecule has 0 atom stereocenters. The van der Waals surface area contributed by atoms with Crippen molar-refractivity contribution in [3.8, 4) is 11.5 Å². The normalized spacial score (nSPS) is 11.1. The van der Waals surface area contributed by atoms with E-state index in [4.69, 9.17) is 9.47 Å². The van der Waals surface area contributed by atoms with Gasteiger partial charge in [-0.15, -0.1) is 0 Å². The van der Waals surface area contributed by atoms with Gasteiger partial charge < -0.3 is 14.8 Å². The Kier molecular flexibility index (Phi) is 9.22. The lowest BCUT2D eigenvalue weighted by Crippen LogP contribution is -2.33. The molecule has 2 aromatic rings. The van der Waals surface area contributed by atoms with Gasteiger partial charge in [-0.3, -0.25) is 9.10 Å². The highest BCUT2D eigenvalue weighted by molar-refractivity contribution is 14.1. The third kappa shape index (κ3) is 7.67. The van der Waals surface area contributed by atoms with Crippen LogP contribution >= 0.6 is 22.6 Å². The zero-order chi connectivity index (χ0) is 22.1. The van der Waals surface area contributed by atoms with Crippen molar-refractivity contribution in [2.24, 2.45) is 0 Å². The van der Waals surface area contributed by atoms with Gasteiger partial charge in [-0.25, -0.2) is 8.42 Å². The van der Waals surface area contributed by atoms with Crippen LogP contribution in [0.15, 0.2) is 42.5 Å². The van der Waals surface area contributed by atoms with Crippen LogP contribution in [-0.2, 0) is 14.8 Å². The van der Waals surface area contributed by atoms with Crippen LogP contribution in [-0.4, -0.2) is 47.4 Å². The maximum absolute atomic E-state index is 12.2. The fourth-order valence-corrected chi connectivity index (χ4v) is 4.54.